The third kappa shape index (κ3) is 13.9. The number of carbonyl (C=O) groups excluding carboxylic acids is 9. The minimum atomic E-state index is -6.13. The number of nitrogens with one attached hydrogen (secondary N) is 6. The van der Waals surface area contributed by atoms with E-state index in [9.17, 15) is 57.5 Å². The SMILES string of the molecule is NC(=O)NC[C@H](NC(=O)[C@@H]1Cc2cccc3c2N1C(=O)[C@@H](NC(=O)c1cc2cc(C(F)(F)P(=O)(O)O)cc(C(=O)NCCCCCCCCC#Cc4cccc5c4CN(C4CCC(=O)NC4=O)C5=O)c2s1)CC3)C(=O)NC(c1ccccc1)c1ccccc1. The minimum Gasteiger partial charge on any atom is -0.352 e. The molecule has 10 N–H and O–H groups in total. The van der Waals surface area contributed by atoms with Gasteiger partial charge in [0.1, 0.15) is 24.2 Å². The highest BCUT2D eigenvalue weighted by atomic mass is 32.1. The van der Waals surface area contributed by atoms with Gasteiger partial charge in [-0.15, -0.1) is 11.3 Å². The summed E-state index contributed by atoms with van der Waals surface area (Å²) in [5, 5.41) is 15.8. The number of halogens is 2. The van der Waals surface area contributed by atoms with Crippen LogP contribution >= 0.6 is 18.9 Å². The summed E-state index contributed by atoms with van der Waals surface area (Å²) in [6, 6.07) is 25.3. The number of benzene rings is 5. The van der Waals surface area contributed by atoms with Crippen molar-refractivity contribution in [3.05, 3.63) is 170 Å². The smallest absolute Gasteiger partial charge is 0.352 e. The number of para-hydroxylation sites is 1. The number of hydrogen-bond donors (Lipinski definition) is 9. The van der Waals surface area contributed by atoms with Gasteiger partial charge in [-0.1, -0.05) is 122 Å². The van der Waals surface area contributed by atoms with Crippen molar-refractivity contribution in [2.24, 2.45) is 5.73 Å². The largest absolute Gasteiger partial charge is 0.399 e. The first-order valence-corrected chi connectivity index (χ1v) is 31.6. The van der Waals surface area contributed by atoms with Crippen molar-refractivity contribution >= 4 is 88.0 Å². The number of imide groups is 1. The molecule has 0 aliphatic carbocycles. The van der Waals surface area contributed by atoms with Gasteiger partial charge in [0.05, 0.1) is 22.2 Å². The monoisotopic (exact) mass is 1250 g/mol. The zero-order valence-electron chi connectivity index (χ0n) is 48.0. The summed E-state index contributed by atoms with van der Waals surface area (Å²) in [6.45, 7) is -0.0661. The van der Waals surface area contributed by atoms with E-state index >= 15 is 8.78 Å². The molecule has 1 saturated heterocycles. The number of carbonyl (C=O) groups is 9. The van der Waals surface area contributed by atoms with E-state index in [0.29, 0.717) is 53.3 Å². The van der Waals surface area contributed by atoms with Crippen molar-refractivity contribution in [3.8, 4) is 11.8 Å². The molecule has 1 unspecified atom stereocenters. The average Bonchev–Trinajstić information content (AvgIpc) is 2.06. The molecule has 10 amide bonds. The maximum atomic E-state index is 15.5. The van der Waals surface area contributed by atoms with Gasteiger partial charge < -0.3 is 47.0 Å². The Morgan fingerprint density at radius 3 is 2.17 bits per heavy atom. The van der Waals surface area contributed by atoms with Gasteiger partial charge in [0, 0.05) is 60.3 Å². The van der Waals surface area contributed by atoms with Crippen LogP contribution in [-0.4, -0.2) is 105 Å². The molecular formula is C64H64F2N9O12PS. The Morgan fingerprint density at radius 1 is 0.787 bits per heavy atom. The third-order valence-corrected chi connectivity index (χ3v) is 18.5. The zero-order chi connectivity index (χ0) is 63.1. The van der Waals surface area contributed by atoms with Crippen LogP contribution in [0, 0.1) is 11.8 Å². The Balaban J connectivity index is 0.768. The van der Waals surface area contributed by atoms with Crippen molar-refractivity contribution in [1.29, 1.82) is 0 Å². The van der Waals surface area contributed by atoms with Crippen LogP contribution in [0.1, 0.15) is 140 Å². The topological polar surface area (TPSA) is 316 Å². The number of rotatable bonds is 22. The van der Waals surface area contributed by atoms with E-state index in [2.05, 4.69) is 43.7 Å². The number of amides is 10. The number of nitrogens with zero attached hydrogens (tertiary/aromatic N) is 2. The lowest BCUT2D eigenvalue weighted by Crippen LogP contribution is -2.59. The molecule has 1 fully saturated rings. The fourth-order valence-electron chi connectivity index (χ4n) is 11.8. The van der Waals surface area contributed by atoms with Gasteiger partial charge in [0.2, 0.25) is 29.5 Å². The zero-order valence-corrected chi connectivity index (χ0v) is 49.7. The number of aryl methyl sites for hydroxylation is 1. The molecule has 5 heterocycles. The first-order chi connectivity index (χ1) is 42.7. The van der Waals surface area contributed by atoms with Crippen LogP contribution < -0.4 is 42.5 Å². The van der Waals surface area contributed by atoms with E-state index in [1.54, 1.807) is 30.3 Å². The molecule has 89 heavy (non-hydrogen) atoms. The molecule has 25 heteroatoms. The number of unbranched alkanes of at least 4 members (excludes halogenated alkanes) is 6. The molecule has 10 rings (SSSR count). The molecule has 6 aromatic rings. The van der Waals surface area contributed by atoms with Crippen LogP contribution in [-0.2, 0) is 53.6 Å². The van der Waals surface area contributed by atoms with Crippen LogP contribution in [0.3, 0.4) is 0 Å². The molecule has 462 valence electrons. The van der Waals surface area contributed by atoms with Gasteiger partial charge in [-0.2, -0.15) is 8.78 Å². The van der Waals surface area contributed by atoms with Crippen molar-refractivity contribution in [3.63, 3.8) is 0 Å². The fourth-order valence-corrected chi connectivity index (χ4v) is 13.3. The predicted molar refractivity (Wildman–Crippen MR) is 325 cm³/mol. The maximum Gasteiger partial charge on any atom is 0.399 e. The van der Waals surface area contributed by atoms with Crippen molar-refractivity contribution in [2.75, 3.05) is 18.0 Å². The molecule has 0 saturated carbocycles. The Morgan fingerprint density at radius 2 is 1.47 bits per heavy atom. The fraction of sp³-hybridized carbons (Fsp3) is 0.328. The van der Waals surface area contributed by atoms with Gasteiger partial charge in [-0.3, -0.25) is 53.1 Å². The number of thiophene rings is 1. The standard InChI is InChI=1S/C64H64F2N9O12PS/c65-64(66,88(85,86)87)43-31-42-33-51(89-55(42)45(34-43)56(77)68-30-14-6-4-2-1-3-5-9-17-37-22-16-25-44-46(37)36-74(61(44)82)49-28-29-52(76)72-58(49)79)60(81)70-47-27-26-40-23-15-24-41-32-50(75(54(40)41)62(47)83)59(80)71-48(35-69-63(67)84)57(78)73-53(38-18-10-7-11-19-38)39-20-12-8-13-21-39/h7-8,10-13,15-16,18-25,31,33-34,47-50,53H,1-6,14,26-30,32,35-36H2,(H,68,77)(H,70,81)(H,71,80)(H,73,78)(H3,67,69,84)(H,72,76,79)(H2,85,86,87)/t47-,48-,49?,50-/m0/s1. The van der Waals surface area contributed by atoms with Gasteiger partial charge in [0.25, 0.3) is 17.7 Å². The minimum absolute atomic E-state index is 0.0263. The quantitative estimate of drug-likeness (QED) is 0.0153. The molecule has 0 spiro atoms. The lowest BCUT2D eigenvalue weighted by atomic mass is 9.98. The van der Waals surface area contributed by atoms with E-state index in [-0.39, 0.29) is 77.5 Å². The molecular weight excluding hydrogens is 1190 g/mol. The number of piperidine rings is 1. The van der Waals surface area contributed by atoms with Gasteiger partial charge >= 0.3 is 19.3 Å². The lowest BCUT2D eigenvalue weighted by molar-refractivity contribution is -0.137. The number of primary amides is 1. The predicted octanol–water partition coefficient (Wildman–Crippen LogP) is 6.46. The molecule has 0 radical (unpaired) electrons. The lowest BCUT2D eigenvalue weighted by Gasteiger charge is -2.29. The second-order valence-electron chi connectivity index (χ2n) is 22.3. The number of nitrogens with two attached hydrogens (primary N) is 1. The van der Waals surface area contributed by atoms with Crippen LogP contribution in [0.2, 0.25) is 0 Å². The molecule has 21 nitrogen and oxygen atoms in total. The van der Waals surface area contributed by atoms with E-state index in [1.807, 2.05) is 66.7 Å². The molecule has 4 aliphatic rings. The van der Waals surface area contributed by atoms with Gasteiger partial charge in [0.15, 0.2) is 0 Å². The molecule has 0 bridgehead atoms. The van der Waals surface area contributed by atoms with Crippen molar-refractivity contribution < 1.29 is 66.3 Å². The summed E-state index contributed by atoms with van der Waals surface area (Å²) in [5.41, 5.74) is 4.42. The van der Waals surface area contributed by atoms with E-state index in [0.717, 1.165) is 59.8 Å². The summed E-state index contributed by atoms with van der Waals surface area (Å²) in [6.07, 6.45) is 5.87. The highest BCUT2D eigenvalue weighted by molar-refractivity contribution is 7.52. The summed E-state index contributed by atoms with van der Waals surface area (Å²) in [4.78, 5) is 143. The third-order valence-electron chi connectivity index (χ3n) is 16.3. The molecule has 1 aromatic heterocycles. The van der Waals surface area contributed by atoms with Crippen LogP contribution in [0.4, 0.5) is 19.3 Å². The van der Waals surface area contributed by atoms with Crippen molar-refractivity contribution in [2.45, 2.75) is 119 Å². The molecule has 5 aromatic carbocycles. The highest BCUT2D eigenvalue weighted by Gasteiger charge is 2.51. The Hall–Kier alpha value is -9.14. The Labute approximate surface area is 514 Å². The first-order valence-electron chi connectivity index (χ1n) is 29.2. The summed E-state index contributed by atoms with van der Waals surface area (Å²) in [5.74, 6) is 1.48. The van der Waals surface area contributed by atoms with Crippen molar-refractivity contribution in [1.82, 2.24) is 36.8 Å². The van der Waals surface area contributed by atoms with Crippen LogP contribution in [0.15, 0.2) is 115 Å². The number of hydrogen-bond acceptors (Lipinski definition) is 11. The Bertz CT molecular complexity index is 3870. The maximum absolute atomic E-state index is 15.5. The van der Waals surface area contributed by atoms with E-state index in [4.69, 9.17) is 5.73 Å². The summed E-state index contributed by atoms with van der Waals surface area (Å²) < 4.78 is 43.1. The van der Waals surface area contributed by atoms with Gasteiger partial charge in [-0.05, 0) is 95.6 Å². The molecule has 4 atom stereocenters. The summed E-state index contributed by atoms with van der Waals surface area (Å²) in [7, 11) is -6.13. The van der Waals surface area contributed by atoms with Gasteiger partial charge in [-0.25, -0.2) is 4.79 Å². The number of anilines is 1. The highest BCUT2D eigenvalue weighted by Crippen LogP contribution is 2.60. The Kier molecular flexibility index (Phi) is 19.1. The first kappa shape index (κ1) is 62.9. The number of urea groups is 1. The summed E-state index contributed by atoms with van der Waals surface area (Å²) >= 11 is 0.752. The van der Waals surface area contributed by atoms with Crippen LogP contribution in [0.5, 0.6) is 0 Å². The molecule has 4 aliphatic heterocycles. The van der Waals surface area contributed by atoms with E-state index < -0.39 is 97.1 Å². The second-order valence-corrected chi connectivity index (χ2v) is 25.0. The normalized spacial score (nSPS) is 17.4. The number of fused-ring (bicyclic) bond motifs is 2. The van der Waals surface area contributed by atoms with E-state index in [1.165, 1.54) is 15.9 Å². The average molecular weight is 1250 g/mol. The number of alkyl halides is 2. The second kappa shape index (κ2) is 27.1. The van der Waals surface area contributed by atoms with Crippen LogP contribution in [0.25, 0.3) is 10.1 Å².